The van der Waals surface area contributed by atoms with Crippen LogP contribution in [0.5, 0.6) is 0 Å². The molecule has 11 heteroatoms. The van der Waals surface area contributed by atoms with E-state index in [0.717, 1.165) is 4.57 Å². The molecule has 0 spiro atoms. The summed E-state index contributed by atoms with van der Waals surface area (Å²) >= 11 is 0. The van der Waals surface area contributed by atoms with Crippen molar-refractivity contribution in [3.8, 4) is 0 Å². The van der Waals surface area contributed by atoms with Crippen LogP contribution >= 0.6 is 0 Å². The molecule has 0 radical (unpaired) electrons. The minimum Gasteiger partial charge on any atom is -0.393 e. The first-order valence-corrected chi connectivity index (χ1v) is 10.8. The van der Waals surface area contributed by atoms with Crippen molar-refractivity contribution in [2.75, 3.05) is 24.6 Å². The van der Waals surface area contributed by atoms with Gasteiger partial charge in [0.05, 0.1) is 18.3 Å². The fourth-order valence-corrected chi connectivity index (χ4v) is 4.19. The highest BCUT2D eigenvalue weighted by Crippen LogP contribution is 2.32. The highest BCUT2D eigenvalue weighted by atomic mass is 32.2. The molecule has 0 aromatic carbocycles. The fourth-order valence-electron chi connectivity index (χ4n) is 3.70. The summed E-state index contributed by atoms with van der Waals surface area (Å²) in [5.41, 5.74) is -0.581. The second-order valence-corrected chi connectivity index (χ2v) is 8.79. The molecule has 3 atom stereocenters. The average Bonchev–Trinajstić information content (AvgIpc) is 2.76. The summed E-state index contributed by atoms with van der Waals surface area (Å²) in [7, 11) is -5.00. The molecule has 2 N–H and O–H groups in total. The van der Waals surface area contributed by atoms with E-state index in [1.165, 1.54) is 18.3 Å². The Morgan fingerprint density at radius 2 is 2.10 bits per heavy atom. The molecule has 1 aliphatic carbocycles. The summed E-state index contributed by atoms with van der Waals surface area (Å²) in [5, 5.41) is 12.9. The monoisotopic (exact) mass is 446 g/mol. The van der Waals surface area contributed by atoms with Gasteiger partial charge in [0.15, 0.2) is 0 Å². The Kier molecular flexibility index (Phi) is 3.84. The topological polar surface area (TPSA) is 117 Å². The first-order chi connectivity index (χ1) is 16.9. The summed E-state index contributed by atoms with van der Waals surface area (Å²) < 4.78 is 96.0. The number of aliphatic hydroxyl groups is 1. The number of nitrogens with zero attached hydrogens (tertiary/aromatic N) is 4. The molecule has 2 aliphatic rings. The third-order valence-corrected chi connectivity index (χ3v) is 6.20. The number of sulfonamides is 1. The third kappa shape index (κ3) is 4.33. The van der Waals surface area contributed by atoms with Gasteiger partial charge in [0.2, 0.25) is 16.0 Å². The molecule has 0 bridgehead atoms. The van der Waals surface area contributed by atoms with E-state index in [-0.39, 0.29) is 35.2 Å². The molecule has 1 aliphatic heterocycles. The normalized spacial score (nSPS) is 33.9. The second kappa shape index (κ2) is 8.20. The second-order valence-electron chi connectivity index (χ2n) is 7.32. The van der Waals surface area contributed by atoms with Gasteiger partial charge < -0.3 is 10.4 Å². The highest BCUT2D eigenvalue weighted by molar-refractivity contribution is 7.88. The van der Waals surface area contributed by atoms with E-state index in [4.69, 9.17) is 9.60 Å². The van der Waals surface area contributed by atoms with E-state index >= 15 is 0 Å². The van der Waals surface area contributed by atoms with Gasteiger partial charge in [-0.3, -0.25) is 9.36 Å². The molecular weight excluding hydrogens is 413 g/mol. The average molecular weight is 447 g/mol. The predicted octanol–water partition coefficient (Wildman–Crippen LogP) is 1.05. The standard InChI is InChI=1S/C19H26FN5O4S/c1-30(28,29)24-8-6-13(7-9-24)22-19-21-11-12-2-5-17(27)25(18(12)23-19)16-10-14(26)3-4-15(16)20/h2,5,11,13-16,26H,3-4,6-10H2,1H3,(H,21,22,23)/t14-,15+,16+/m1/s1/i1D3,6D2,7D2. The molecule has 3 heterocycles. The first-order valence-electron chi connectivity index (χ1n) is 12.9. The van der Waals surface area contributed by atoms with Gasteiger partial charge in [0.1, 0.15) is 11.8 Å². The minimum atomic E-state index is -5.00. The van der Waals surface area contributed by atoms with Gasteiger partial charge in [-0.2, -0.15) is 4.98 Å². The van der Waals surface area contributed by atoms with E-state index in [9.17, 15) is 22.7 Å². The SMILES string of the molecule is [2H]C1([2H])CN(S(=O)(=O)C([2H])([2H])[2H])CC([2H])([2H])C1Nc1ncc2ccc(=O)n([C@H]3C[C@H](O)CC[C@@H]3F)c2n1. The number of fused-ring (bicyclic) bond motifs is 1. The van der Waals surface area contributed by atoms with E-state index < -0.39 is 72.0 Å². The van der Waals surface area contributed by atoms with Crippen molar-refractivity contribution in [1.29, 1.82) is 0 Å². The molecule has 2 fully saturated rings. The van der Waals surface area contributed by atoms with Gasteiger partial charge in [-0.15, -0.1) is 0 Å². The zero-order valence-electron chi connectivity index (χ0n) is 22.8. The number of rotatable bonds is 4. The van der Waals surface area contributed by atoms with Crippen molar-refractivity contribution >= 4 is 27.0 Å². The molecule has 2 aromatic rings. The Bertz CT molecular complexity index is 1340. The Labute approximate surface area is 183 Å². The number of pyridine rings is 1. The number of alkyl halides is 1. The quantitative estimate of drug-likeness (QED) is 0.721. The van der Waals surface area contributed by atoms with Crippen LogP contribution in [0.4, 0.5) is 10.3 Å². The van der Waals surface area contributed by atoms with E-state index in [1.54, 1.807) is 0 Å². The maximum absolute atomic E-state index is 14.8. The molecule has 9 nitrogen and oxygen atoms in total. The van der Waals surface area contributed by atoms with Gasteiger partial charge in [-0.25, -0.2) is 22.1 Å². The summed E-state index contributed by atoms with van der Waals surface area (Å²) in [6, 6.07) is -0.0878. The number of piperidine rings is 1. The molecular formula is C19H26FN5O4S. The Balaban J connectivity index is 1.71. The van der Waals surface area contributed by atoms with Crippen molar-refractivity contribution in [3.63, 3.8) is 0 Å². The summed E-state index contributed by atoms with van der Waals surface area (Å²) in [6.07, 6.45) is -9.38. The molecule has 1 saturated carbocycles. The molecule has 2 aromatic heterocycles. The van der Waals surface area contributed by atoms with Crippen LogP contribution in [0.25, 0.3) is 11.0 Å². The fraction of sp³-hybridized carbons (Fsp3) is 0.632. The van der Waals surface area contributed by atoms with Crippen LogP contribution in [0.3, 0.4) is 0 Å². The molecule has 164 valence electrons. The number of aromatic nitrogens is 3. The lowest BCUT2D eigenvalue weighted by Gasteiger charge is -2.32. The van der Waals surface area contributed by atoms with Gasteiger partial charge >= 0.3 is 0 Å². The number of hydrogen-bond acceptors (Lipinski definition) is 7. The zero-order chi connectivity index (χ0) is 27.6. The Morgan fingerprint density at radius 3 is 2.83 bits per heavy atom. The van der Waals surface area contributed by atoms with Crippen molar-refractivity contribution in [3.05, 3.63) is 28.7 Å². The highest BCUT2D eigenvalue weighted by Gasteiger charge is 2.33. The minimum absolute atomic E-state index is 0.00436. The third-order valence-electron chi connectivity index (χ3n) is 5.26. The maximum atomic E-state index is 14.8. The largest absolute Gasteiger partial charge is 0.393 e. The van der Waals surface area contributed by atoms with Crippen LogP contribution < -0.4 is 10.9 Å². The molecule has 0 amide bonds. The lowest BCUT2D eigenvalue weighted by atomic mass is 9.91. The zero-order valence-corrected chi connectivity index (χ0v) is 16.6. The molecule has 30 heavy (non-hydrogen) atoms. The van der Waals surface area contributed by atoms with Gasteiger partial charge in [-0.05, 0) is 38.1 Å². The van der Waals surface area contributed by atoms with Crippen LogP contribution in [-0.2, 0) is 10.0 Å². The van der Waals surface area contributed by atoms with E-state index in [2.05, 4.69) is 15.3 Å². The summed E-state index contributed by atoms with van der Waals surface area (Å²) in [4.78, 5) is 21.0. The first kappa shape index (κ1) is 14.0. The summed E-state index contributed by atoms with van der Waals surface area (Å²) in [5.74, 6) is -0.302. The molecule has 1 saturated heterocycles. The Hall–Kier alpha value is -2.11. The number of anilines is 1. The lowest BCUT2D eigenvalue weighted by Crippen LogP contribution is -2.42. The van der Waals surface area contributed by atoms with E-state index in [0.29, 0.717) is 5.39 Å². The number of aliphatic hydroxyl groups excluding tert-OH is 1. The summed E-state index contributed by atoms with van der Waals surface area (Å²) in [6.45, 7) is -1.88. The van der Waals surface area contributed by atoms with Crippen LogP contribution in [-0.4, -0.2) is 70.0 Å². The van der Waals surface area contributed by atoms with Crippen LogP contribution in [0.15, 0.2) is 23.1 Å². The Morgan fingerprint density at radius 1 is 1.33 bits per heavy atom. The van der Waals surface area contributed by atoms with Crippen molar-refractivity contribution in [1.82, 2.24) is 18.8 Å². The van der Waals surface area contributed by atoms with Gasteiger partial charge in [-0.1, -0.05) is 0 Å². The number of halogens is 1. The van der Waals surface area contributed by atoms with E-state index in [1.807, 2.05) is 0 Å². The number of hydrogen-bond donors (Lipinski definition) is 2. The van der Waals surface area contributed by atoms with Crippen LogP contribution in [0, 0.1) is 0 Å². The maximum Gasteiger partial charge on any atom is 0.252 e. The van der Waals surface area contributed by atoms with Gasteiger partial charge in [0.25, 0.3) is 5.56 Å². The lowest BCUT2D eigenvalue weighted by molar-refractivity contribution is 0.0555. The molecule has 4 rings (SSSR count). The van der Waals surface area contributed by atoms with Crippen molar-refractivity contribution in [2.45, 2.75) is 56.4 Å². The van der Waals surface area contributed by atoms with Crippen LogP contribution in [0.1, 0.15) is 47.6 Å². The van der Waals surface area contributed by atoms with Crippen LogP contribution in [0.2, 0.25) is 0 Å². The van der Waals surface area contributed by atoms with Crippen molar-refractivity contribution in [2.24, 2.45) is 0 Å². The molecule has 0 unspecified atom stereocenters. The number of nitrogens with one attached hydrogen (secondary N) is 1. The van der Waals surface area contributed by atoms with Gasteiger partial charge in [0, 0.05) is 46.4 Å². The van der Waals surface area contributed by atoms with Crippen molar-refractivity contribution < 1.29 is 27.5 Å². The predicted molar refractivity (Wildman–Crippen MR) is 111 cm³/mol. The smallest absolute Gasteiger partial charge is 0.252 e.